The van der Waals surface area contributed by atoms with E-state index in [4.69, 9.17) is 16.3 Å². The number of methoxy groups -OCH3 is 1. The Morgan fingerprint density at radius 2 is 2.38 bits per heavy atom. The summed E-state index contributed by atoms with van der Waals surface area (Å²) in [7, 11) is 5.07. The lowest BCUT2D eigenvalue weighted by Crippen LogP contribution is -2.42. The Kier molecular flexibility index (Phi) is 5.00. The van der Waals surface area contributed by atoms with Crippen molar-refractivity contribution in [2.45, 2.75) is 25.4 Å². The van der Waals surface area contributed by atoms with Gasteiger partial charge >= 0.3 is 0 Å². The number of ether oxygens (including phenoxy) is 1. The average Bonchev–Trinajstić information content (AvgIpc) is 2.87. The van der Waals surface area contributed by atoms with Crippen molar-refractivity contribution >= 4 is 17.5 Å². The quantitative estimate of drug-likeness (QED) is 0.797. The summed E-state index contributed by atoms with van der Waals surface area (Å²) in [6.07, 6.45) is 1.87. The maximum absolute atomic E-state index is 13.5. The maximum Gasteiger partial charge on any atom is 0.239 e. The van der Waals surface area contributed by atoms with Gasteiger partial charge in [-0.2, -0.15) is 4.98 Å². The van der Waals surface area contributed by atoms with Gasteiger partial charge < -0.3 is 9.64 Å². The molecule has 1 aromatic rings. The number of nitrogens with zero attached hydrogens (tertiary/aromatic N) is 3. The van der Waals surface area contributed by atoms with E-state index in [0.29, 0.717) is 5.56 Å². The van der Waals surface area contributed by atoms with E-state index in [0.717, 1.165) is 19.4 Å². The molecular formula is C14H19ClFN3O2. The van der Waals surface area contributed by atoms with Crippen LogP contribution in [0.2, 0.25) is 5.15 Å². The van der Waals surface area contributed by atoms with E-state index < -0.39 is 5.82 Å². The summed E-state index contributed by atoms with van der Waals surface area (Å²) in [5.41, 5.74) is 0.496. The molecule has 1 saturated heterocycles. The Morgan fingerprint density at radius 3 is 2.95 bits per heavy atom. The molecule has 1 amide bonds. The fourth-order valence-electron chi connectivity index (χ4n) is 2.59. The lowest BCUT2D eigenvalue weighted by Gasteiger charge is -2.25. The van der Waals surface area contributed by atoms with Crippen molar-refractivity contribution in [1.82, 2.24) is 14.8 Å². The minimum Gasteiger partial charge on any atom is -0.481 e. The number of aromatic nitrogens is 1. The lowest BCUT2D eigenvalue weighted by atomic mass is 10.2. The Labute approximate surface area is 128 Å². The third kappa shape index (κ3) is 3.44. The minimum atomic E-state index is -0.619. The molecule has 116 valence electrons. The van der Waals surface area contributed by atoms with Crippen LogP contribution in [0.15, 0.2) is 6.07 Å². The second kappa shape index (κ2) is 6.58. The van der Waals surface area contributed by atoms with Crippen LogP contribution in [0.3, 0.4) is 0 Å². The van der Waals surface area contributed by atoms with Gasteiger partial charge in [0.25, 0.3) is 0 Å². The van der Waals surface area contributed by atoms with Crippen molar-refractivity contribution in [2.75, 3.05) is 27.7 Å². The highest BCUT2D eigenvalue weighted by Gasteiger charge is 2.30. The monoisotopic (exact) mass is 315 g/mol. The van der Waals surface area contributed by atoms with Crippen LogP contribution in [0.25, 0.3) is 0 Å². The van der Waals surface area contributed by atoms with Crippen molar-refractivity contribution in [1.29, 1.82) is 0 Å². The first-order valence-corrected chi connectivity index (χ1v) is 7.16. The zero-order valence-electron chi connectivity index (χ0n) is 12.4. The van der Waals surface area contributed by atoms with Crippen LogP contribution in [0, 0.1) is 5.82 Å². The summed E-state index contributed by atoms with van der Waals surface area (Å²) in [4.78, 5) is 19.9. The molecule has 0 spiro atoms. The molecule has 0 unspecified atom stereocenters. The molecule has 1 aliphatic heterocycles. The van der Waals surface area contributed by atoms with E-state index in [1.165, 1.54) is 13.2 Å². The van der Waals surface area contributed by atoms with Crippen molar-refractivity contribution in [2.24, 2.45) is 0 Å². The van der Waals surface area contributed by atoms with Gasteiger partial charge in [-0.3, -0.25) is 9.69 Å². The number of pyridine rings is 1. The van der Waals surface area contributed by atoms with E-state index in [2.05, 4.69) is 4.98 Å². The zero-order valence-corrected chi connectivity index (χ0v) is 13.2. The van der Waals surface area contributed by atoms with Gasteiger partial charge in [0.15, 0.2) is 11.0 Å². The predicted molar refractivity (Wildman–Crippen MR) is 77.9 cm³/mol. The van der Waals surface area contributed by atoms with Crippen LogP contribution < -0.4 is 4.74 Å². The van der Waals surface area contributed by atoms with Crippen molar-refractivity contribution in [3.8, 4) is 5.88 Å². The van der Waals surface area contributed by atoms with Crippen LogP contribution in [0.5, 0.6) is 5.88 Å². The van der Waals surface area contributed by atoms with Gasteiger partial charge in [-0.15, -0.1) is 0 Å². The number of halogens is 2. The summed E-state index contributed by atoms with van der Waals surface area (Å²) in [6, 6.07) is 1.15. The third-order valence-corrected chi connectivity index (χ3v) is 4.02. The molecule has 5 nitrogen and oxygen atoms in total. The molecule has 0 saturated carbocycles. The van der Waals surface area contributed by atoms with Crippen LogP contribution in [-0.2, 0) is 11.3 Å². The molecular weight excluding hydrogens is 297 g/mol. The molecule has 0 radical (unpaired) electrons. The molecule has 1 fully saturated rings. The number of likely N-dealkylation sites (N-methyl/N-ethyl adjacent to an activating group) is 2. The molecule has 7 heteroatoms. The largest absolute Gasteiger partial charge is 0.481 e. The minimum absolute atomic E-state index is 0.0208. The van der Waals surface area contributed by atoms with Gasteiger partial charge in [0.2, 0.25) is 11.8 Å². The van der Waals surface area contributed by atoms with E-state index in [1.807, 2.05) is 11.9 Å². The summed E-state index contributed by atoms with van der Waals surface area (Å²) in [6.45, 7) is 1.15. The molecule has 1 atom stereocenters. The number of likely N-dealkylation sites (tertiary alicyclic amines) is 1. The second-order valence-corrected chi connectivity index (χ2v) is 5.62. The number of hydrogen-bond acceptors (Lipinski definition) is 4. The Bertz CT molecular complexity index is 541. The standard InChI is InChI=1S/C14H19ClFN3O2/c1-18-6-4-5-11(18)14(20)19(2)8-9-7-10(16)12(15)17-13(9)21-3/h7,11H,4-6,8H2,1-3H3/t11-/m0/s1. The Hall–Kier alpha value is -1.40. The van der Waals surface area contributed by atoms with Gasteiger partial charge in [0.05, 0.1) is 19.7 Å². The van der Waals surface area contributed by atoms with Crippen LogP contribution >= 0.6 is 11.6 Å². The van der Waals surface area contributed by atoms with Crippen LogP contribution in [0.4, 0.5) is 4.39 Å². The maximum atomic E-state index is 13.5. The Morgan fingerprint density at radius 1 is 1.67 bits per heavy atom. The Balaban J connectivity index is 2.13. The topological polar surface area (TPSA) is 45.7 Å². The number of carbonyl (C=O) groups excluding carboxylic acids is 1. The highest BCUT2D eigenvalue weighted by molar-refractivity contribution is 6.29. The summed E-state index contributed by atoms with van der Waals surface area (Å²) >= 11 is 5.63. The first-order chi connectivity index (χ1) is 9.93. The zero-order chi connectivity index (χ0) is 15.6. The fourth-order valence-corrected chi connectivity index (χ4v) is 2.72. The lowest BCUT2D eigenvalue weighted by molar-refractivity contribution is -0.134. The van der Waals surface area contributed by atoms with Crippen LogP contribution in [-0.4, -0.2) is 54.5 Å². The number of rotatable bonds is 4. The van der Waals surface area contributed by atoms with Gasteiger partial charge in [-0.05, 0) is 32.5 Å². The second-order valence-electron chi connectivity index (χ2n) is 5.26. The van der Waals surface area contributed by atoms with Gasteiger partial charge in [0, 0.05) is 12.6 Å². The van der Waals surface area contributed by atoms with Crippen molar-refractivity contribution < 1.29 is 13.9 Å². The van der Waals surface area contributed by atoms with Gasteiger partial charge in [-0.1, -0.05) is 11.6 Å². The summed E-state index contributed by atoms with van der Waals surface area (Å²) < 4.78 is 18.6. The molecule has 0 aromatic carbocycles. The van der Waals surface area contributed by atoms with E-state index in [-0.39, 0.29) is 29.5 Å². The van der Waals surface area contributed by atoms with Crippen LogP contribution in [0.1, 0.15) is 18.4 Å². The van der Waals surface area contributed by atoms with E-state index in [1.54, 1.807) is 11.9 Å². The molecule has 1 aromatic heterocycles. The molecule has 2 heterocycles. The first kappa shape index (κ1) is 16.0. The molecule has 21 heavy (non-hydrogen) atoms. The van der Waals surface area contributed by atoms with Gasteiger partial charge in [0.1, 0.15) is 0 Å². The van der Waals surface area contributed by atoms with Gasteiger partial charge in [-0.25, -0.2) is 4.39 Å². The SMILES string of the molecule is COc1nc(Cl)c(F)cc1CN(C)C(=O)[C@@H]1CCCN1C. The predicted octanol–water partition coefficient (Wildman–Crippen LogP) is 1.94. The smallest absolute Gasteiger partial charge is 0.239 e. The highest BCUT2D eigenvalue weighted by atomic mass is 35.5. The number of hydrogen-bond donors (Lipinski definition) is 0. The molecule has 0 aliphatic carbocycles. The normalized spacial score (nSPS) is 18.8. The molecule has 2 rings (SSSR count). The van der Waals surface area contributed by atoms with Crippen molar-refractivity contribution in [3.63, 3.8) is 0 Å². The molecule has 0 bridgehead atoms. The molecule has 1 aliphatic rings. The van der Waals surface area contributed by atoms with E-state index in [9.17, 15) is 9.18 Å². The highest BCUT2D eigenvalue weighted by Crippen LogP contribution is 2.24. The first-order valence-electron chi connectivity index (χ1n) is 6.78. The van der Waals surface area contributed by atoms with E-state index >= 15 is 0 Å². The third-order valence-electron chi connectivity index (χ3n) is 3.76. The summed E-state index contributed by atoms with van der Waals surface area (Å²) in [5, 5.41) is -0.236. The summed E-state index contributed by atoms with van der Waals surface area (Å²) in [5.74, 6) is -0.362. The molecule has 0 N–H and O–H groups in total. The fraction of sp³-hybridized carbons (Fsp3) is 0.571. The number of amides is 1. The number of carbonyl (C=O) groups is 1. The van der Waals surface area contributed by atoms with Crippen molar-refractivity contribution in [3.05, 3.63) is 22.6 Å². The average molecular weight is 316 g/mol.